The van der Waals surface area contributed by atoms with E-state index < -0.39 is 0 Å². The van der Waals surface area contributed by atoms with Crippen molar-refractivity contribution in [2.75, 3.05) is 5.32 Å². The van der Waals surface area contributed by atoms with Crippen LogP contribution < -0.4 is 5.32 Å². The first-order chi connectivity index (χ1) is 7.63. The van der Waals surface area contributed by atoms with Gasteiger partial charge in [0.2, 0.25) is 0 Å². The van der Waals surface area contributed by atoms with Gasteiger partial charge in [-0.2, -0.15) is 0 Å². The fourth-order valence-corrected chi connectivity index (χ4v) is 1.83. The zero-order valence-corrected chi connectivity index (χ0v) is 10.5. The summed E-state index contributed by atoms with van der Waals surface area (Å²) in [7, 11) is 0. The summed E-state index contributed by atoms with van der Waals surface area (Å²) in [6.07, 6.45) is 4.96. The van der Waals surface area contributed by atoms with Gasteiger partial charge in [-0.05, 0) is 44.0 Å². The van der Waals surface area contributed by atoms with Crippen LogP contribution in [0, 0.1) is 12.7 Å². The fourth-order valence-electron chi connectivity index (χ4n) is 1.83. The average Bonchev–Trinajstić information content (AvgIpc) is 2.23. The smallest absolute Gasteiger partial charge is 0.123 e. The second kappa shape index (κ2) is 6.51. The largest absolute Gasteiger partial charge is 0.382 e. The highest BCUT2D eigenvalue weighted by molar-refractivity contribution is 5.51. The van der Waals surface area contributed by atoms with Gasteiger partial charge in [0, 0.05) is 11.7 Å². The van der Waals surface area contributed by atoms with E-state index in [1.54, 1.807) is 6.07 Å². The van der Waals surface area contributed by atoms with E-state index in [0.29, 0.717) is 6.04 Å². The predicted molar refractivity (Wildman–Crippen MR) is 68.4 cm³/mol. The number of benzene rings is 1. The highest BCUT2D eigenvalue weighted by Crippen LogP contribution is 2.18. The molecule has 1 atom stereocenters. The predicted octanol–water partition coefficient (Wildman–Crippen LogP) is 4.51. The molecule has 1 aromatic rings. The summed E-state index contributed by atoms with van der Waals surface area (Å²) in [6.45, 7) is 6.32. The van der Waals surface area contributed by atoms with Gasteiger partial charge in [-0.15, -0.1) is 0 Å². The van der Waals surface area contributed by atoms with Gasteiger partial charge in [0.15, 0.2) is 0 Å². The number of rotatable bonds is 6. The number of hydrogen-bond acceptors (Lipinski definition) is 1. The van der Waals surface area contributed by atoms with Crippen LogP contribution in [0.2, 0.25) is 0 Å². The molecule has 0 amide bonds. The van der Waals surface area contributed by atoms with Gasteiger partial charge in [-0.3, -0.25) is 0 Å². The highest BCUT2D eigenvalue weighted by atomic mass is 19.1. The molecule has 0 aliphatic rings. The molecular weight excluding hydrogens is 201 g/mol. The first-order valence-electron chi connectivity index (χ1n) is 6.16. The molecule has 1 rings (SSSR count). The second-order valence-corrected chi connectivity index (χ2v) is 4.50. The molecule has 1 N–H and O–H groups in total. The number of nitrogens with one attached hydrogen (secondary N) is 1. The number of unbranched alkanes of at least 4 members (excludes halogenated alkanes) is 2. The van der Waals surface area contributed by atoms with E-state index in [9.17, 15) is 4.39 Å². The Bertz CT molecular complexity index is 323. The van der Waals surface area contributed by atoms with Crippen molar-refractivity contribution >= 4 is 5.69 Å². The molecule has 2 heteroatoms. The van der Waals surface area contributed by atoms with Gasteiger partial charge >= 0.3 is 0 Å². The molecule has 0 bridgehead atoms. The summed E-state index contributed by atoms with van der Waals surface area (Å²) < 4.78 is 12.9. The Morgan fingerprint density at radius 2 is 2.06 bits per heavy atom. The Morgan fingerprint density at radius 1 is 1.31 bits per heavy atom. The van der Waals surface area contributed by atoms with Crippen LogP contribution in [0.25, 0.3) is 0 Å². The summed E-state index contributed by atoms with van der Waals surface area (Å²) in [5, 5.41) is 3.43. The molecule has 0 saturated heterocycles. The van der Waals surface area contributed by atoms with Crippen LogP contribution in [0.1, 0.15) is 45.1 Å². The van der Waals surface area contributed by atoms with Gasteiger partial charge in [0.1, 0.15) is 5.82 Å². The Kier molecular flexibility index (Phi) is 5.30. The molecule has 0 saturated carbocycles. The minimum Gasteiger partial charge on any atom is -0.382 e. The lowest BCUT2D eigenvalue weighted by molar-refractivity contribution is 0.613. The van der Waals surface area contributed by atoms with E-state index in [2.05, 4.69) is 19.2 Å². The number of anilines is 1. The molecule has 1 unspecified atom stereocenters. The highest BCUT2D eigenvalue weighted by Gasteiger charge is 2.04. The normalized spacial score (nSPS) is 12.5. The minimum absolute atomic E-state index is 0.165. The van der Waals surface area contributed by atoms with Crippen LogP contribution in [0.5, 0.6) is 0 Å². The van der Waals surface area contributed by atoms with Crippen molar-refractivity contribution in [2.24, 2.45) is 0 Å². The second-order valence-electron chi connectivity index (χ2n) is 4.50. The van der Waals surface area contributed by atoms with E-state index in [0.717, 1.165) is 11.3 Å². The Hall–Kier alpha value is -1.05. The standard InChI is InChI=1S/C14H22FN/c1-4-5-6-7-12(3)16-14-9-8-13(15)10-11(14)2/h8-10,12,16H,4-7H2,1-3H3. The summed E-state index contributed by atoms with van der Waals surface area (Å²) in [5.41, 5.74) is 2.02. The molecule has 0 fully saturated rings. The number of aryl methyl sites for hydroxylation is 1. The van der Waals surface area contributed by atoms with E-state index in [1.807, 2.05) is 13.0 Å². The lowest BCUT2D eigenvalue weighted by Gasteiger charge is -2.16. The van der Waals surface area contributed by atoms with Crippen molar-refractivity contribution in [1.82, 2.24) is 0 Å². The van der Waals surface area contributed by atoms with Gasteiger partial charge in [-0.25, -0.2) is 4.39 Å². The van der Waals surface area contributed by atoms with Gasteiger partial charge in [0.05, 0.1) is 0 Å². The molecule has 0 radical (unpaired) electrons. The minimum atomic E-state index is -0.165. The summed E-state index contributed by atoms with van der Waals surface area (Å²) >= 11 is 0. The van der Waals surface area contributed by atoms with Crippen LogP contribution in [0.3, 0.4) is 0 Å². The zero-order valence-electron chi connectivity index (χ0n) is 10.5. The number of halogens is 1. The molecule has 0 heterocycles. The first kappa shape index (κ1) is 13.0. The van der Waals surface area contributed by atoms with Crippen LogP contribution in [-0.4, -0.2) is 6.04 Å². The molecule has 0 aliphatic carbocycles. The van der Waals surface area contributed by atoms with Crippen molar-refractivity contribution in [3.8, 4) is 0 Å². The van der Waals surface area contributed by atoms with Crippen molar-refractivity contribution in [2.45, 2.75) is 52.5 Å². The summed E-state index contributed by atoms with van der Waals surface area (Å²) in [6, 6.07) is 5.35. The Balaban J connectivity index is 2.46. The van der Waals surface area contributed by atoms with Crippen LogP contribution >= 0.6 is 0 Å². The third-order valence-electron chi connectivity index (χ3n) is 2.83. The van der Waals surface area contributed by atoms with E-state index in [-0.39, 0.29) is 5.82 Å². The molecule has 0 aromatic heterocycles. The third-order valence-corrected chi connectivity index (χ3v) is 2.83. The first-order valence-corrected chi connectivity index (χ1v) is 6.16. The van der Waals surface area contributed by atoms with Gasteiger partial charge in [-0.1, -0.05) is 26.2 Å². The number of hydrogen-bond donors (Lipinski definition) is 1. The van der Waals surface area contributed by atoms with Crippen molar-refractivity contribution in [3.05, 3.63) is 29.6 Å². The quantitative estimate of drug-likeness (QED) is 0.699. The van der Waals surface area contributed by atoms with Crippen molar-refractivity contribution < 1.29 is 4.39 Å². The molecule has 16 heavy (non-hydrogen) atoms. The van der Waals surface area contributed by atoms with Crippen molar-refractivity contribution in [1.29, 1.82) is 0 Å². The maximum absolute atomic E-state index is 12.9. The molecule has 0 aliphatic heterocycles. The SMILES string of the molecule is CCCCCC(C)Nc1ccc(F)cc1C. The van der Waals surface area contributed by atoms with Crippen LogP contribution in [0.4, 0.5) is 10.1 Å². The Labute approximate surface area is 98.1 Å². The van der Waals surface area contributed by atoms with E-state index >= 15 is 0 Å². The molecule has 0 spiro atoms. The molecule has 1 nitrogen and oxygen atoms in total. The average molecular weight is 223 g/mol. The molecule has 90 valence electrons. The summed E-state index contributed by atoms with van der Waals surface area (Å²) in [5.74, 6) is -0.165. The third kappa shape index (κ3) is 4.21. The van der Waals surface area contributed by atoms with Gasteiger partial charge in [0.25, 0.3) is 0 Å². The topological polar surface area (TPSA) is 12.0 Å². The van der Waals surface area contributed by atoms with Crippen LogP contribution in [-0.2, 0) is 0 Å². The fraction of sp³-hybridized carbons (Fsp3) is 0.571. The van der Waals surface area contributed by atoms with Crippen molar-refractivity contribution in [3.63, 3.8) is 0 Å². The summed E-state index contributed by atoms with van der Waals surface area (Å²) in [4.78, 5) is 0. The van der Waals surface area contributed by atoms with E-state index in [4.69, 9.17) is 0 Å². The van der Waals surface area contributed by atoms with E-state index in [1.165, 1.54) is 31.7 Å². The zero-order chi connectivity index (χ0) is 12.0. The molecule has 1 aromatic carbocycles. The molecular formula is C14H22FN. The maximum atomic E-state index is 12.9. The van der Waals surface area contributed by atoms with Crippen LogP contribution in [0.15, 0.2) is 18.2 Å². The maximum Gasteiger partial charge on any atom is 0.123 e. The lowest BCUT2D eigenvalue weighted by atomic mass is 10.1. The lowest BCUT2D eigenvalue weighted by Crippen LogP contribution is -2.15. The Morgan fingerprint density at radius 3 is 2.69 bits per heavy atom. The van der Waals surface area contributed by atoms with Gasteiger partial charge < -0.3 is 5.32 Å². The monoisotopic (exact) mass is 223 g/mol.